The van der Waals surface area contributed by atoms with Crippen molar-refractivity contribution in [3.8, 4) is 11.5 Å². The molecular formula is C17H16N2O3S. The Kier molecular flexibility index (Phi) is 4.16. The number of nitrogens with zero attached hydrogens (tertiary/aromatic N) is 1. The van der Waals surface area contributed by atoms with Crippen molar-refractivity contribution >= 4 is 32.6 Å². The Labute approximate surface area is 137 Å². The number of hydrogen-bond donors (Lipinski definition) is 1. The Morgan fingerprint density at radius 2 is 1.96 bits per heavy atom. The molecule has 118 valence electrons. The molecule has 1 aromatic heterocycles. The molecule has 0 aliphatic carbocycles. The van der Waals surface area contributed by atoms with E-state index < -0.39 is 0 Å². The molecule has 3 aromatic rings. The summed E-state index contributed by atoms with van der Waals surface area (Å²) in [7, 11) is 3.23. The van der Waals surface area contributed by atoms with Gasteiger partial charge in [0.25, 0.3) is 5.91 Å². The van der Waals surface area contributed by atoms with Crippen molar-refractivity contribution in [2.45, 2.75) is 6.92 Å². The average Bonchev–Trinajstić information content (AvgIpc) is 2.95. The van der Waals surface area contributed by atoms with Gasteiger partial charge in [0, 0.05) is 5.56 Å². The van der Waals surface area contributed by atoms with E-state index in [4.69, 9.17) is 9.47 Å². The smallest absolute Gasteiger partial charge is 0.257 e. The van der Waals surface area contributed by atoms with Gasteiger partial charge in [-0.05, 0) is 48.9 Å². The van der Waals surface area contributed by atoms with Crippen LogP contribution in [-0.4, -0.2) is 25.1 Å². The van der Waals surface area contributed by atoms with Crippen LogP contribution in [-0.2, 0) is 0 Å². The Hall–Kier alpha value is -2.60. The first kappa shape index (κ1) is 15.3. The molecular weight excluding hydrogens is 312 g/mol. The summed E-state index contributed by atoms with van der Waals surface area (Å²) in [6.07, 6.45) is 0. The van der Waals surface area contributed by atoms with Gasteiger partial charge >= 0.3 is 0 Å². The lowest BCUT2D eigenvalue weighted by Gasteiger charge is -2.06. The molecule has 0 fully saturated rings. The second-order valence-electron chi connectivity index (χ2n) is 4.99. The van der Waals surface area contributed by atoms with Crippen LogP contribution in [0, 0.1) is 6.92 Å². The first-order valence-corrected chi connectivity index (χ1v) is 7.83. The van der Waals surface area contributed by atoms with E-state index in [0.717, 1.165) is 27.3 Å². The number of anilines is 1. The number of rotatable bonds is 4. The summed E-state index contributed by atoms with van der Waals surface area (Å²) >= 11 is 1.41. The fourth-order valence-electron chi connectivity index (χ4n) is 2.27. The third kappa shape index (κ3) is 3.12. The van der Waals surface area contributed by atoms with Crippen LogP contribution in [0.5, 0.6) is 11.5 Å². The molecule has 0 saturated heterocycles. The highest BCUT2D eigenvalue weighted by Gasteiger charge is 2.12. The Balaban J connectivity index is 1.83. The van der Waals surface area contributed by atoms with Gasteiger partial charge in [-0.25, -0.2) is 4.98 Å². The van der Waals surface area contributed by atoms with E-state index in [0.29, 0.717) is 10.7 Å². The second kappa shape index (κ2) is 6.26. The van der Waals surface area contributed by atoms with Crippen LogP contribution in [0.4, 0.5) is 5.13 Å². The van der Waals surface area contributed by atoms with Gasteiger partial charge in [0.05, 0.1) is 24.4 Å². The molecule has 0 saturated carbocycles. The van der Waals surface area contributed by atoms with Crippen molar-refractivity contribution in [2.75, 3.05) is 19.5 Å². The fourth-order valence-corrected chi connectivity index (χ4v) is 3.16. The lowest BCUT2D eigenvalue weighted by molar-refractivity contribution is 0.102. The van der Waals surface area contributed by atoms with Crippen molar-refractivity contribution in [1.82, 2.24) is 4.98 Å². The van der Waals surface area contributed by atoms with Gasteiger partial charge in [-0.3, -0.25) is 10.1 Å². The number of benzene rings is 2. The van der Waals surface area contributed by atoms with E-state index in [9.17, 15) is 4.79 Å². The molecule has 23 heavy (non-hydrogen) atoms. The summed E-state index contributed by atoms with van der Waals surface area (Å²) in [5.74, 6) is 1.33. The maximum Gasteiger partial charge on any atom is 0.257 e. The van der Waals surface area contributed by atoms with E-state index in [-0.39, 0.29) is 5.91 Å². The fraction of sp³-hybridized carbons (Fsp3) is 0.176. The number of amides is 1. The Bertz CT molecular complexity index is 873. The highest BCUT2D eigenvalue weighted by molar-refractivity contribution is 7.22. The van der Waals surface area contributed by atoms with Gasteiger partial charge in [0.2, 0.25) is 0 Å². The average molecular weight is 328 g/mol. The van der Waals surface area contributed by atoms with Crippen LogP contribution in [0.1, 0.15) is 15.9 Å². The predicted octanol–water partition coefficient (Wildman–Crippen LogP) is 3.87. The van der Waals surface area contributed by atoms with E-state index in [1.807, 2.05) is 25.1 Å². The number of methoxy groups -OCH3 is 2. The zero-order valence-electron chi connectivity index (χ0n) is 13.0. The molecule has 1 heterocycles. The third-order valence-corrected chi connectivity index (χ3v) is 4.41. The summed E-state index contributed by atoms with van der Waals surface area (Å²) in [4.78, 5) is 16.8. The number of carbonyl (C=O) groups excluding carboxylic acids is 1. The molecule has 1 amide bonds. The normalized spacial score (nSPS) is 10.6. The minimum Gasteiger partial charge on any atom is -0.497 e. The van der Waals surface area contributed by atoms with Crippen LogP contribution in [0.2, 0.25) is 0 Å². The zero-order chi connectivity index (χ0) is 16.4. The monoisotopic (exact) mass is 328 g/mol. The van der Waals surface area contributed by atoms with E-state index in [1.165, 1.54) is 11.3 Å². The highest BCUT2D eigenvalue weighted by atomic mass is 32.1. The number of fused-ring (bicyclic) bond motifs is 1. The lowest BCUT2D eigenvalue weighted by Crippen LogP contribution is -2.11. The first-order valence-electron chi connectivity index (χ1n) is 7.01. The molecule has 2 aromatic carbocycles. The SMILES string of the molecule is COc1ccc2nc(NC(=O)c3ccc(OC)c(C)c3)sc2c1. The maximum absolute atomic E-state index is 12.4. The summed E-state index contributed by atoms with van der Waals surface area (Å²) in [6, 6.07) is 10.9. The van der Waals surface area contributed by atoms with Gasteiger partial charge in [0.15, 0.2) is 5.13 Å². The highest BCUT2D eigenvalue weighted by Crippen LogP contribution is 2.29. The maximum atomic E-state index is 12.4. The molecule has 1 N–H and O–H groups in total. The summed E-state index contributed by atoms with van der Waals surface area (Å²) in [5.41, 5.74) is 2.31. The van der Waals surface area contributed by atoms with E-state index in [2.05, 4.69) is 10.3 Å². The first-order chi connectivity index (χ1) is 11.1. The van der Waals surface area contributed by atoms with Gasteiger partial charge in [-0.15, -0.1) is 0 Å². The molecule has 0 unspecified atom stereocenters. The number of thiazole rings is 1. The van der Waals surface area contributed by atoms with E-state index in [1.54, 1.807) is 32.4 Å². The predicted molar refractivity (Wildman–Crippen MR) is 91.9 cm³/mol. The van der Waals surface area contributed by atoms with E-state index >= 15 is 0 Å². The third-order valence-electron chi connectivity index (χ3n) is 3.47. The molecule has 0 aliphatic heterocycles. The Morgan fingerprint density at radius 1 is 1.13 bits per heavy atom. The van der Waals surface area contributed by atoms with Crippen LogP contribution >= 0.6 is 11.3 Å². The minimum atomic E-state index is -0.193. The molecule has 0 bridgehead atoms. The van der Waals surface area contributed by atoms with Crippen LogP contribution in [0.25, 0.3) is 10.2 Å². The summed E-state index contributed by atoms with van der Waals surface area (Å²) < 4.78 is 11.4. The lowest BCUT2D eigenvalue weighted by atomic mass is 10.1. The second-order valence-corrected chi connectivity index (χ2v) is 6.02. The van der Waals surface area contributed by atoms with Crippen LogP contribution in [0.3, 0.4) is 0 Å². The molecule has 0 aliphatic rings. The number of carbonyl (C=O) groups is 1. The van der Waals surface area contributed by atoms with Gasteiger partial charge in [-0.1, -0.05) is 11.3 Å². The molecule has 3 rings (SSSR count). The molecule has 0 spiro atoms. The molecule has 6 heteroatoms. The van der Waals surface area contributed by atoms with Crippen molar-refractivity contribution < 1.29 is 14.3 Å². The largest absolute Gasteiger partial charge is 0.497 e. The summed E-state index contributed by atoms with van der Waals surface area (Å²) in [5, 5.41) is 3.40. The topological polar surface area (TPSA) is 60.5 Å². The molecule has 0 radical (unpaired) electrons. The molecule has 0 atom stereocenters. The standard InChI is InChI=1S/C17H16N2O3S/c1-10-8-11(4-7-14(10)22-3)16(20)19-17-18-13-6-5-12(21-2)9-15(13)23-17/h4-9H,1-3H3,(H,18,19,20). The van der Waals surface area contributed by atoms with Gasteiger partial charge in [0.1, 0.15) is 11.5 Å². The van der Waals surface area contributed by atoms with Crippen molar-refractivity contribution in [1.29, 1.82) is 0 Å². The van der Waals surface area contributed by atoms with Crippen molar-refractivity contribution in [3.63, 3.8) is 0 Å². The number of nitrogens with one attached hydrogen (secondary N) is 1. The minimum absolute atomic E-state index is 0.193. The quantitative estimate of drug-likeness (QED) is 0.790. The van der Waals surface area contributed by atoms with Crippen LogP contribution < -0.4 is 14.8 Å². The van der Waals surface area contributed by atoms with Gasteiger partial charge in [-0.2, -0.15) is 0 Å². The number of aromatic nitrogens is 1. The van der Waals surface area contributed by atoms with Crippen molar-refractivity contribution in [2.24, 2.45) is 0 Å². The number of ether oxygens (including phenoxy) is 2. The summed E-state index contributed by atoms with van der Waals surface area (Å²) in [6.45, 7) is 1.90. The van der Waals surface area contributed by atoms with Crippen LogP contribution in [0.15, 0.2) is 36.4 Å². The zero-order valence-corrected chi connectivity index (χ0v) is 13.9. The van der Waals surface area contributed by atoms with Crippen molar-refractivity contribution in [3.05, 3.63) is 47.5 Å². The molecule has 5 nitrogen and oxygen atoms in total. The number of hydrogen-bond acceptors (Lipinski definition) is 5. The van der Waals surface area contributed by atoms with Gasteiger partial charge < -0.3 is 9.47 Å². The number of aryl methyl sites for hydroxylation is 1. The Morgan fingerprint density at radius 3 is 2.65 bits per heavy atom.